The summed E-state index contributed by atoms with van der Waals surface area (Å²) in [7, 11) is 1.14. The third kappa shape index (κ3) is 4.50. The van der Waals surface area contributed by atoms with Gasteiger partial charge in [-0.3, -0.25) is 0 Å². The van der Waals surface area contributed by atoms with Crippen molar-refractivity contribution in [1.29, 1.82) is 0 Å². The molecule has 4 heterocycles. The maximum absolute atomic E-state index is 15.3. The second-order valence-corrected chi connectivity index (χ2v) is 10.1. The first-order chi connectivity index (χ1) is 18.2. The summed E-state index contributed by atoms with van der Waals surface area (Å²) in [5.41, 5.74) is -0.0471. The second-order valence-electron chi connectivity index (χ2n) is 10.1. The summed E-state index contributed by atoms with van der Waals surface area (Å²) in [6.07, 6.45) is 1.47. The number of rotatable bonds is 6. The number of aromatic nitrogens is 4. The number of alkyl halides is 4. The Morgan fingerprint density at radius 3 is 2.50 bits per heavy atom. The molecule has 2 N–H and O–H groups in total. The quantitative estimate of drug-likeness (QED) is 0.449. The van der Waals surface area contributed by atoms with Gasteiger partial charge in [-0.1, -0.05) is 6.07 Å². The van der Waals surface area contributed by atoms with Crippen LogP contribution in [0.4, 0.5) is 23.4 Å². The maximum atomic E-state index is 15.3. The average Bonchev–Trinajstić information content (AvgIpc) is 3.66. The number of methoxy groups -OCH3 is 1. The van der Waals surface area contributed by atoms with Crippen molar-refractivity contribution in [2.45, 2.75) is 68.6 Å². The first kappa shape index (κ1) is 24.8. The molecule has 0 amide bonds. The van der Waals surface area contributed by atoms with Gasteiger partial charge in [0, 0.05) is 29.9 Å². The summed E-state index contributed by atoms with van der Waals surface area (Å²) < 4.78 is 59.6. The van der Waals surface area contributed by atoms with Crippen molar-refractivity contribution in [3.63, 3.8) is 0 Å². The highest BCUT2D eigenvalue weighted by molar-refractivity contribution is 5.73. The smallest absolute Gasteiger partial charge is 0.437 e. The lowest BCUT2D eigenvalue weighted by Crippen LogP contribution is -2.57. The van der Waals surface area contributed by atoms with E-state index in [1.807, 2.05) is 4.90 Å². The number of halogens is 4. The number of pyridine rings is 1. The van der Waals surface area contributed by atoms with Gasteiger partial charge in [0.2, 0.25) is 0 Å². The van der Waals surface area contributed by atoms with Crippen LogP contribution in [-0.4, -0.2) is 62.7 Å². The highest BCUT2D eigenvalue weighted by atomic mass is 19.4. The Morgan fingerprint density at radius 2 is 1.84 bits per heavy atom. The Balaban J connectivity index is 1.25. The summed E-state index contributed by atoms with van der Waals surface area (Å²) in [5.74, 6) is 0.107. The predicted molar refractivity (Wildman–Crippen MR) is 130 cm³/mol. The summed E-state index contributed by atoms with van der Waals surface area (Å²) in [4.78, 5) is 9.96. The van der Waals surface area contributed by atoms with Crippen molar-refractivity contribution in [3.05, 3.63) is 42.4 Å². The fourth-order valence-electron chi connectivity index (χ4n) is 5.61. The number of hydrogen-bond acceptors (Lipinski definition) is 8. The highest BCUT2D eigenvalue weighted by Crippen LogP contribution is 2.41. The normalized spacial score (nSPS) is 24.9. The number of aromatic hydroxyl groups is 1. The van der Waals surface area contributed by atoms with Crippen molar-refractivity contribution >= 4 is 5.82 Å². The predicted octanol–water partition coefficient (Wildman–Crippen LogP) is 4.53. The van der Waals surface area contributed by atoms with Crippen molar-refractivity contribution in [1.82, 2.24) is 25.5 Å². The third-order valence-corrected chi connectivity index (χ3v) is 7.58. The minimum atomic E-state index is -4.65. The number of phenols is 1. The molecule has 2 aliphatic heterocycles. The molecular weight excluding hydrogens is 504 g/mol. The van der Waals surface area contributed by atoms with E-state index in [-0.39, 0.29) is 29.7 Å². The molecule has 12 heteroatoms. The fraction of sp³-hybridized carbons (Fsp3) is 0.462. The molecule has 1 aliphatic carbocycles. The van der Waals surface area contributed by atoms with Gasteiger partial charge < -0.3 is 20.1 Å². The fourth-order valence-corrected chi connectivity index (χ4v) is 5.61. The van der Waals surface area contributed by atoms with Gasteiger partial charge in [0.05, 0.1) is 24.9 Å². The van der Waals surface area contributed by atoms with Gasteiger partial charge >= 0.3 is 6.18 Å². The zero-order chi connectivity index (χ0) is 26.6. The van der Waals surface area contributed by atoms with E-state index in [2.05, 4.69) is 25.5 Å². The number of nitrogens with one attached hydrogen (secondary N) is 1. The first-order valence-electron chi connectivity index (χ1n) is 12.6. The maximum Gasteiger partial charge on any atom is 0.437 e. The van der Waals surface area contributed by atoms with Gasteiger partial charge in [-0.2, -0.15) is 13.2 Å². The Morgan fingerprint density at radius 1 is 1.03 bits per heavy atom. The zero-order valence-electron chi connectivity index (χ0n) is 20.5. The van der Waals surface area contributed by atoms with Crippen LogP contribution in [0.5, 0.6) is 11.5 Å². The van der Waals surface area contributed by atoms with Crippen LogP contribution in [0.2, 0.25) is 0 Å². The zero-order valence-corrected chi connectivity index (χ0v) is 20.5. The number of ether oxygens (including phenoxy) is 1. The topological polar surface area (TPSA) is 96.3 Å². The average molecular weight is 531 g/mol. The summed E-state index contributed by atoms with van der Waals surface area (Å²) in [5, 5.41) is 22.6. The van der Waals surface area contributed by atoms with Crippen molar-refractivity contribution < 1.29 is 27.4 Å². The standard InChI is InChI=1S/C26H26F4N6O2/c1-38-21-9-14(11-31-24(21)26(28,29)30)13-2-6-17(20(37)8-13)25-32-12-22(34-35-25)36(16-4-5-16)19-10-15-3-7-18(33-15)23(19)27/h2,6,8-9,11-12,15-16,18-19,23,33,37H,3-5,7,10H2,1H3/t15-,18-,19-,23+/m0/s1. The van der Waals surface area contributed by atoms with Crippen LogP contribution in [0, 0.1) is 0 Å². The van der Waals surface area contributed by atoms with E-state index in [9.17, 15) is 18.3 Å². The molecule has 4 atom stereocenters. The van der Waals surface area contributed by atoms with Crippen LogP contribution in [0.25, 0.3) is 22.5 Å². The molecule has 38 heavy (non-hydrogen) atoms. The lowest BCUT2D eigenvalue weighted by molar-refractivity contribution is -0.142. The minimum absolute atomic E-state index is 0.129. The lowest BCUT2D eigenvalue weighted by Gasteiger charge is -2.40. The van der Waals surface area contributed by atoms with Gasteiger partial charge in [-0.25, -0.2) is 14.4 Å². The molecule has 3 aromatic rings. The molecule has 1 saturated carbocycles. The van der Waals surface area contributed by atoms with Gasteiger partial charge in [0.15, 0.2) is 17.3 Å². The number of anilines is 1. The van der Waals surface area contributed by atoms with Crippen molar-refractivity contribution in [2.75, 3.05) is 12.0 Å². The van der Waals surface area contributed by atoms with Gasteiger partial charge in [0.25, 0.3) is 0 Å². The molecule has 3 aliphatic rings. The number of hydrogen-bond donors (Lipinski definition) is 2. The van der Waals surface area contributed by atoms with Crippen molar-refractivity contribution in [2.24, 2.45) is 0 Å². The molecule has 3 fully saturated rings. The van der Waals surface area contributed by atoms with E-state index in [1.54, 1.807) is 18.3 Å². The molecular formula is C26H26F4N6O2. The Bertz CT molecular complexity index is 1330. The molecule has 0 radical (unpaired) electrons. The van der Waals surface area contributed by atoms with Gasteiger partial charge in [-0.05, 0) is 55.9 Å². The molecule has 1 aromatic carbocycles. The van der Waals surface area contributed by atoms with Crippen LogP contribution in [0.3, 0.4) is 0 Å². The Hall–Kier alpha value is -3.54. The van der Waals surface area contributed by atoms with Crippen LogP contribution in [0.1, 0.15) is 37.8 Å². The molecule has 0 unspecified atom stereocenters. The molecule has 0 spiro atoms. The van der Waals surface area contributed by atoms with E-state index in [1.165, 1.54) is 12.1 Å². The van der Waals surface area contributed by atoms with Crippen molar-refractivity contribution in [3.8, 4) is 34.0 Å². The SMILES string of the molecule is COc1cc(-c2ccc(-c3ncc(N(C4CC4)[C@H]4C[C@@H]5CC[C@H](N5)[C@H]4F)nn3)c(O)c2)cnc1C(F)(F)F. The van der Waals surface area contributed by atoms with Gasteiger partial charge in [-0.15, -0.1) is 10.2 Å². The number of nitrogens with zero attached hydrogens (tertiary/aromatic N) is 5. The molecule has 2 aromatic heterocycles. The molecule has 2 bridgehead atoms. The lowest BCUT2D eigenvalue weighted by atomic mass is 9.96. The van der Waals surface area contributed by atoms with Crippen LogP contribution in [0.15, 0.2) is 36.7 Å². The summed E-state index contributed by atoms with van der Waals surface area (Å²) in [6, 6.07) is 5.92. The number of piperidine rings is 1. The number of fused-ring (bicyclic) bond motifs is 2. The van der Waals surface area contributed by atoms with Crippen LogP contribution in [-0.2, 0) is 6.18 Å². The Labute approximate surface area is 216 Å². The highest BCUT2D eigenvalue weighted by Gasteiger charge is 2.48. The van der Waals surface area contributed by atoms with Crippen LogP contribution < -0.4 is 15.0 Å². The monoisotopic (exact) mass is 530 g/mol. The van der Waals surface area contributed by atoms with Crippen LogP contribution >= 0.6 is 0 Å². The summed E-state index contributed by atoms with van der Waals surface area (Å²) >= 11 is 0. The van der Waals surface area contributed by atoms with E-state index >= 15 is 4.39 Å². The molecule has 8 nitrogen and oxygen atoms in total. The third-order valence-electron chi connectivity index (χ3n) is 7.58. The van der Waals surface area contributed by atoms with E-state index in [4.69, 9.17) is 4.74 Å². The Kier molecular flexibility index (Phi) is 6.09. The van der Waals surface area contributed by atoms with E-state index < -0.39 is 23.8 Å². The summed E-state index contributed by atoms with van der Waals surface area (Å²) in [6.45, 7) is 0. The molecule has 2 saturated heterocycles. The number of phenolic OH excluding ortho intramolecular Hbond substituents is 1. The largest absolute Gasteiger partial charge is 0.507 e. The minimum Gasteiger partial charge on any atom is -0.507 e. The van der Waals surface area contributed by atoms with E-state index in [0.29, 0.717) is 35.0 Å². The molecule has 6 rings (SSSR count). The molecule has 200 valence electrons. The van der Waals surface area contributed by atoms with E-state index in [0.717, 1.165) is 39.0 Å². The van der Waals surface area contributed by atoms with Gasteiger partial charge in [0.1, 0.15) is 17.7 Å². The second kappa shape index (κ2) is 9.33. The first-order valence-corrected chi connectivity index (χ1v) is 12.6. The number of benzene rings is 1.